The lowest BCUT2D eigenvalue weighted by Crippen LogP contribution is -2.12. The fraction of sp³-hybridized carbons (Fsp3) is 0.263. The maximum atomic E-state index is 12.3. The van der Waals surface area contributed by atoms with Crippen LogP contribution in [0.15, 0.2) is 42.5 Å². The molecule has 22 heavy (non-hydrogen) atoms. The average Bonchev–Trinajstić information content (AvgIpc) is 2.89. The highest BCUT2D eigenvalue weighted by Gasteiger charge is 2.19. The van der Waals surface area contributed by atoms with Crippen molar-refractivity contribution in [3.05, 3.63) is 64.7 Å². The molecule has 0 unspecified atom stereocenters. The van der Waals surface area contributed by atoms with Gasteiger partial charge in [-0.2, -0.15) is 0 Å². The van der Waals surface area contributed by atoms with Gasteiger partial charge in [-0.15, -0.1) is 0 Å². The van der Waals surface area contributed by atoms with Gasteiger partial charge in [0.2, 0.25) is 0 Å². The van der Waals surface area contributed by atoms with Gasteiger partial charge in [0.1, 0.15) is 0 Å². The highest BCUT2D eigenvalue weighted by molar-refractivity contribution is 6.05. The van der Waals surface area contributed by atoms with E-state index in [0.29, 0.717) is 12.0 Å². The number of ketones is 1. The molecular weight excluding hydrogens is 274 g/mol. The Labute approximate surface area is 130 Å². The predicted octanol–water partition coefficient (Wildman–Crippen LogP) is 4.02. The summed E-state index contributed by atoms with van der Waals surface area (Å²) in [6.45, 7) is 2.14. The van der Waals surface area contributed by atoms with Gasteiger partial charge in [-0.05, 0) is 54.3 Å². The van der Waals surface area contributed by atoms with Crippen molar-refractivity contribution < 1.29 is 9.59 Å². The first-order valence-corrected chi connectivity index (χ1v) is 7.74. The number of carbonyl (C=O) groups excluding carboxylic acids is 2. The Kier molecular flexibility index (Phi) is 4.05. The standard InChI is InChI=1S/C19H19NO2/c1-2-3-13-4-6-14(7-5-13)19(22)20-16-9-10-17-15(12-16)8-11-18(17)21/h4-7,9-10,12H,2-3,8,11H2,1H3,(H,20,22). The molecule has 0 saturated heterocycles. The van der Waals surface area contributed by atoms with E-state index < -0.39 is 0 Å². The largest absolute Gasteiger partial charge is 0.322 e. The fourth-order valence-electron chi connectivity index (χ4n) is 2.85. The van der Waals surface area contributed by atoms with Gasteiger partial charge in [-0.1, -0.05) is 25.5 Å². The Morgan fingerprint density at radius 2 is 1.86 bits per heavy atom. The zero-order valence-corrected chi connectivity index (χ0v) is 12.7. The van der Waals surface area contributed by atoms with Crippen molar-refractivity contribution in [1.29, 1.82) is 0 Å². The fourth-order valence-corrected chi connectivity index (χ4v) is 2.85. The second-order valence-corrected chi connectivity index (χ2v) is 5.70. The molecule has 1 aliphatic rings. The lowest BCUT2D eigenvalue weighted by atomic mass is 10.1. The van der Waals surface area contributed by atoms with Crippen LogP contribution in [0.1, 0.15) is 51.6 Å². The number of benzene rings is 2. The van der Waals surface area contributed by atoms with E-state index in [4.69, 9.17) is 0 Å². The van der Waals surface area contributed by atoms with Crippen molar-refractivity contribution in [3.8, 4) is 0 Å². The Bertz CT molecular complexity index is 717. The summed E-state index contributed by atoms with van der Waals surface area (Å²) in [5, 5.41) is 2.90. The second kappa shape index (κ2) is 6.14. The van der Waals surface area contributed by atoms with Crippen molar-refractivity contribution >= 4 is 17.4 Å². The van der Waals surface area contributed by atoms with Crippen LogP contribution < -0.4 is 5.32 Å². The van der Waals surface area contributed by atoms with E-state index in [2.05, 4.69) is 12.2 Å². The molecule has 1 N–H and O–H groups in total. The molecule has 3 rings (SSSR count). The Hall–Kier alpha value is -2.42. The lowest BCUT2D eigenvalue weighted by molar-refractivity contribution is 0.0992. The third-order valence-corrected chi connectivity index (χ3v) is 4.04. The minimum atomic E-state index is -0.118. The number of aryl methyl sites for hydroxylation is 2. The van der Waals surface area contributed by atoms with Crippen molar-refractivity contribution in [2.24, 2.45) is 0 Å². The molecular formula is C19H19NO2. The number of amides is 1. The van der Waals surface area contributed by atoms with Gasteiger partial charge >= 0.3 is 0 Å². The molecule has 2 aromatic rings. The van der Waals surface area contributed by atoms with Gasteiger partial charge in [0.15, 0.2) is 5.78 Å². The monoisotopic (exact) mass is 293 g/mol. The molecule has 0 atom stereocenters. The number of anilines is 1. The first-order chi connectivity index (χ1) is 10.7. The Morgan fingerprint density at radius 3 is 2.59 bits per heavy atom. The van der Waals surface area contributed by atoms with Gasteiger partial charge < -0.3 is 5.32 Å². The van der Waals surface area contributed by atoms with E-state index in [-0.39, 0.29) is 11.7 Å². The van der Waals surface area contributed by atoms with Gasteiger partial charge in [0.05, 0.1) is 0 Å². The summed E-state index contributed by atoms with van der Waals surface area (Å²) in [5.74, 6) is 0.0757. The molecule has 0 aliphatic heterocycles. The predicted molar refractivity (Wildman–Crippen MR) is 87.5 cm³/mol. The van der Waals surface area contributed by atoms with Crippen LogP contribution >= 0.6 is 0 Å². The number of nitrogens with one attached hydrogen (secondary N) is 1. The van der Waals surface area contributed by atoms with Crippen molar-refractivity contribution in [2.75, 3.05) is 5.32 Å². The maximum Gasteiger partial charge on any atom is 0.255 e. The van der Waals surface area contributed by atoms with Crippen LogP contribution in [0.2, 0.25) is 0 Å². The van der Waals surface area contributed by atoms with E-state index in [0.717, 1.165) is 36.1 Å². The molecule has 1 amide bonds. The van der Waals surface area contributed by atoms with Gasteiger partial charge in [-0.3, -0.25) is 9.59 Å². The topological polar surface area (TPSA) is 46.2 Å². The molecule has 0 bridgehead atoms. The summed E-state index contributed by atoms with van der Waals surface area (Å²) in [4.78, 5) is 23.9. The number of rotatable bonds is 4. The molecule has 0 spiro atoms. The number of fused-ring (bicyclic) bond motifs is 1. The summed E-state index contributed by atoms with van der Waals surface area (Å²) < 4.78 is 0. The SMILES string of the molecule is CCCc1ccc(C(=O)Nc2ccc3c(c2)CCC3=O)cc1. The zero-order valence-electron chi connectivity index (χ0n) is 12.7. The van der Waals surface area contributed by atoms with E-state index in [1.54, 1.807) is 6.07 Å². The van der Waals surface area contributed by atoms with Crippen LogP contribution in [0.3, 0.4) is 0 Å². The van der Waals surface area contributed by atoms with Crippen molar-refractivity contribution in [3.63, 3.8) is 0 Å². The van der Waals surface area contributed by atoms with Crippen LogP contribution in [-0.2, 0) is 12.8 Å². The van der Waals surface area contributed by atoms with E-state index in [1.807, 2.05) is 36.4 Å². The van der Waals surface area contributed by atoms with Crippen LogP contribution in [0, 0.1) is 0 Å². The third kappa shape index (κ3) is 2.93. The summed E-state index contributed by atoms with van der Waals surface area (Å²) in [6.07, 6.45) is 3.47. The van der Waals surface area contributed by atoms with Gasteiger partial charge in [-0.25, -0.2) is 0 Å². The summed E-state index contributed by atoms with van der Waals surface area (Å²) in [7, 11) is 0. The van der Waals surface area contributed by atoms with Gasteiger partial charge in [0.25, 0.3) is 5.91 Å². The van der Waals surface area contributed by atoms with Crippen LogP contribution in [0.25, 0.3) is 0 Å². The second-order valence-electron chi connectivity index (χ2n) is 5.70. The molecule has 0 radical (unpaired) electrons. The number of carbonyl (C=O) groups is 2. The first-order valence-electron chi connectivity index (χ1n) is 7.74. The van der Waals surface area contributed by atoms with Gasteiger partial charge in [0, 0.05) is 23.2 Å². The molecule has 2 aromatic carbocycles. The molecule has 0 heterocycles. The van der Waals surface area contributed by atoms with E-state index >= 15 is 0 Å². The molecule has 3 nitrogen and oxygen atoms in total. The summed E-state index contributed by atoms with van der Waals surface area (Å²) in [6, 6.07) is 13.2. The van der Waals surface area contributed by atoms with Crippen LogP contribution in [-0.4, -0.2) is 11.7 Å². The summed E-state index contributed by atoms with van der Waals surface area (Å²) in [5.41, 5.74) is 4.46. The van der Waals surface area contributed by atoms with Crippen LogP contribution in [0.5, 0.6) is 0 Å². The smallest absolute Gasteiger partial charge is 0.255 e. The quantitative estimate of drug-likeness (QED) is 0.925. The van der Waals surface area contributed by atoms with Crippen molar-refractivity contribution in [2.45, 2.75) is 32.6 Å². The molecule has 1 aliphatic carbocycles. The minimum Gasteiger partial charge on any atom is -0.322 e. The average molecular weight is 293 g/mol. The summed E-state index contributed by atoms with van der Waals surface area (Å²) >= 11 is 0. The Morgan fingerprint density at radius 1 is 1.09 bits per heavy atom. The molecule has 0 aromatic heterocycles. The number of hydrogen-bond acceptors (Lipinski definition) is 2. The maximum absolute atomic E-state index is 12.3. The molecule has 0 fully saturated rings. The molecule has 112 valence electrons. The highest BCUT2D eigenvalue weighted by atomic mass is 16.1. The van der Waals surface area contributed by atoms with E-state index in [1.165, 1.54) is 5.56 Å². The molecule has 0 saturated carbocycles. The van der Waals surface area contributed by atoms with Crippen LogP contribution in [0.4, 0.5) is 5.69 Å². The zero-order chi connectivity index (χ0) is 15.5. The van der Waals surface area contributed by atoms with Crippen molar-refractivity contribution in [1.82, 2.24) is 0 Å². The lowest BCUT2D eigenvalue weighted by Gasteiger charge is -2.08. The normalized spacial score (nSPS) is 13.0. The molecule has 3 heteroatoms. The Balaban J connectivity index is 1.73. The van der Waals surface area contributed by atoms with E-state index in [9.17, 15) is 9.59 Å². The number of hydrogen-bond donors (Lipinski definition) is 1. The highest BCUT2D eigenvalue weighted by Crippen LogP contribution is 2.25. The first kappa shape index (κ1) is 14.5. The minimum absolute atomic E-state index is 0.118. The third-order valence-electron chi connectivity index (χ3n) is 4.04. The number of Topliss-reactive ketones (excluding diaryl/α,β-unsaturated/α-hetero) is 1.